The van der Waals surface area contributed by atoms with E-state index in [-0.39, 0.29) is 17.8 Å². The predicted molar refractivity (Wildman–Crippen MR) is 148 cm³/mol. The number of hydrogen-bond donors (Lipinski definition) is 0. The zero-order valence-corrected chi connectivity index (χ0v) is 23.9. The maximum absolute atomic E-state index is 14.5. The van der Waals surface area contributed by atoms with Crippen molar-refractivity contribution in [3.05, 3.63) is 35.4 Å². The van der Waals surface area contributed by atoms with E-state index in [1.54, 1.807) is 31.2 Å². The molecule has 6 nitrogen and oxygen atoms in total. The lowest BCUT2D eigenvalue weighted by atomic mass is 9.96. The van der Waals surface area contributed by atoms with Gasteiger partial charge in [0.25, 0.3) is 11.8 Å². The molecule has 1 aromatic carbocycles. The van der Waals surface area contributed by atoms with E-state index >= 15 is 0 Å². The highest BCUT2D eigenvalue weighted by atomic mass is 31.2. The van der Waals surface area contributed by atoms with E-state index < -0.39 is 36.5 Å². The van der Waals surface area contributed by atoms with Crippen LogP contribution in [0.4, 0.5) is 0 Å². The number of ether oxygens (including phenoxy) is 1. The van der Waals surface area contributed by atoms with Crippen LogP contribution in [0.3, 0.4) is 0 Å². The zero-order valence-electron chi connectivity index (χ0n) is 23.0. The Bertz CT molecular complexity index is 949. The first-order chi connectivity index (χ1) is 17.2. The van der Waals surface area contributed by atoms with E-state index in [0.29, 0.717) is 11.1 Å². The number of amides is 2. The van der Waals surface area contributed by atoms with Crippen molar-refractivity contribution in [2.24, 2.45) is 5.92 Å². The standard InChI is InChI=1S/C29H44NO5P/c1-7-11-18-36(19-12-8-2,20-13-9-3)26(29(34)35-10-4)25(31)24(21(5)6)30-27(32)22-16-14-15-17-23(22)28(30)33/h14-17,21,24H,7-13,18-20H2,1-6H3. The fraction of sp³-hybridized carbons (Fsp3) is 0.621. The van der Waals surface area contributed by atoms with E-state index in [1.165, 1.54) is 0 Å². The molecule has 1 aliphatic heterocycles. The maximum Gasteiger partial charge on any atom is 0.341 e. The van der Waals surface area contributed by atoms with Crippen LogP contribution in [0.1, 0.15) is 101 Å². The van der Waals surface area contributed by atoms with E-state index in [9.17, 15) is 19.2 Å². The first-order valence-corrected chi connectivity index (χ1v) is 16.0. The highest BCUT2D eigenvalue weighted by Gasteiger charge is 2.47. The second kappa shape index (κ2) is 13.9. The first kappa shape index (κ1) is 30.0. The van der Waals surface area contributed by atoms with Crippen LogP contribution in [0.2, 0.25) is 0 Å². The number of nitrogens with zero attached hydrogens (tertiary/aromatic N) is 1. The number of benzene rings is 1. The second-order valence-corrected chi connectivity index (χ2v) is 14.1. The SMILES string of the molecule is CCCCP(CCCC)(CCCC)=C(C(=O)OCC)C(=O)C(C(C)C)N1C(=O)c2ccccc2C1=O. The van der Waals surface area contributed by atoms with Crippen LogP contribution in [0.25, 0.3) is 0 Å². The summed E-state index contributed by atoms with van der Waals surface area (Å²) in [5.74, 6) is -2.23. The van der Waals surface area contributed by atoms with E-state index in [1.807, 2.05) is 13.8 Å². The molecule has 2 rings (SSSR count). The molecule has 0 aliphatic carbocycles. The Balaban J connectivity index is 2.77. The van der Waals surface area contributed by atoms with Gasteiger partial charge in [-0.1, -0.05) is 72.9 Å². The summed E-state index contributed by atoms with van der Waals surface area (Å²) in [6.07, 6.45) is 8.14. The van der Waals surface area contributed by atoms with Gasteiger partial charge in [0, 0.05) is 0 Å². The number of fused-ring (bicyclic) bond motifs is 1. The fourth-order valence-corrected chi connectivity index (χ4v) is 10.3. The molecule has 0 aromatic heterocycles. The molecule has 2 amide bonds. The normalized spacial score (nSPS) is 14.2. The van der Waals surface area contributed by atoms with Crippen molar-refractivity contribution in [3.8, 4) is 0 Å². The molecule has 1 unspecified atom stereocenters. The van der Waals surface area contributed by atoms with Crippen LogP contribution in [-0.2, 0) is 14.3 Å². The second-order valence-electron chi connectivity index (χ2n) is 10.0. The summed E-state index contributed by atoms with van der Waals surface area (Å²) in [7, 11) is 0. The molecule has 0 spiro atoms. The molecule has 36 heavy (non-hydrogen) atoms. The lowest BCUT2D eigenvalue weighted by Gasteiger charge is -2.34. The molecule has 0 bridgehead atoms. The summed E-state index contributed by atoms with van der Waals surface area (Å²) in [5.41, 5.74) is 0.616. The lowest BCUT2D eigenvalue weighted by molar-refractivity contribution is -0.135. The minimum Gasteiger partial charge on any atom is -0.462 e. The van der Waals surface area contributed by atoms with Crippen LogP contribution in [0.5, 0.6) is 0 Å². The molecule has 0 fully saturated rings. The van der Waals surface area contributed by atoms with Gasteiger partial charge >= 0.3 is 5.97 Å². The summed E-state index contributed by atoms with van der Waals surface area (Å²) in [6, 6.07) is 5.63. The number of rotatable bonds is 15. The number of ketones is 1. The van der Waals surface area contributed by atoms with Gasteiger partial charge in [-0.25, -0.2) is 4.79 Å². The van der Waals surface area contributed by atoms with Crippen LogP contribution in [-0.4, -0.2) is 64.9 Å². The van der Waals surface area contributed by atoms with Crippen LogP contribution < -0.4 is 0 Å². The van der Waals surface area contributed by atoms with Gasteiger partial charge in [-0.2, -0.15) is 0 Å². The number of carbonyl (C=O) groups is 4. The Morgan fingerprint density at radius 3 is 1.64 bits per heavy atom. The molecule has 1 heterocycles. The monoisotopic (exact) mass is 517 g/mol. The largest absolute Gasteiger partial charge is 0.462 e. The summed E-state index contributed by atoms with van der Waals surface area (Å²) in [4.78, 5) is 56.0. The Hall–Kier alpha value is -2.20. The van der Waals surface area contributed by atoms with Gasteiger partial charge in [0.05, 0.1) is 17.7 Å². The molecule has 0 saturated carbocycles. The van der Waals surface area contributed by atoms with Crippen molar-refractivity contribution in [2.75, 3.05) is 25.1 Å². The molecule has 1 aliphatic rings. The minimum absolute atomic E-state index is 0.171. The molecular weight excluding hydrogens is 473 g/mol. The van der Waals surface area contributed by atoms with Gasteiger partial charge in [0.2, 0.25) is 0 Å². The summed E-state index contributed by atoms with van der Waals surface area (Å²) in [6.45, 7) is 9.74. The number of imide groups is 1. The third kappa shape index (κ3) is 6.37. The highest BCUT2D eigenvalue weighted by molar-refractivity contribution is 7.79. The fourth-order valence-electron chi connectivity index (χ4n) is 5.10. The zero-order chi connectivity index (χ0) is 26.9. The number of carbonyl (C=O) groups excluding carboxylic acids is 4. The Morgan fingerprint density at radius 2 is 1.28 bits per heavy atom. The Morgan fingerprint density at radius 1 is 0.833 bits per heavy atom. The van der Waals surface area contributed by atoms with Crippen molar-refractivity contribution >= 4 is 35.7 Å². The summed E-state index contributed by atoms with van der Waals surface area (Å²) < 4.78 is 5.52. The number of hydrogen-bond acceptors (Lipinski definition) is 5. The van der Waals surface area contributed by atoms with Gasteiger partial charge in [0.1, 0.15) is 11.3 Å². The molecular formula is C29H44NO5P. The molecule has 1 atom stereocenters. The van der Waals surface area contributed by atoms with Gasteiger partial charge in [-0.3, -0.25) is 19.3 Å². The van der Waals surface area contributed by atoms with Crippen LogP contribution in [0.15, 0.2) is 24.3 Å². The minimum atomic E-state index is -2.20. The van der Waals surface area contributed by atoms with Crippen LogP contribution in [0, 0.1) is 5.92 Å². The van der Waals surface area contributed by atoms with E-state index in [4.69, 9.17) is 4.74 Å². The molecule has 7 heteroatoms. The molecule has 0 saturated heterocycles. The van der Waals surface area contributed by atoms with Crippen molar-refractivity contribution in [2.45, 2.75) is 86.1 Å². The molecule has 0 N–H and O–H groups in total. The molecule has 0 radical (unpaired) electrons. The van der Waals surface area contributed by atoms with Crippen molar-refractivity contribution in [3.63, 3.8) is 0 Å². The van der Waals surface area contributed by atoms with Crippen molar-refractivity contribution < 1.29 is 23.9 Å². The van der Waals surface area contributed by atoms with Gasteiger partial charge in [0.15, 0.2) is 5.78 Å². The van der Waals surface area contributed by atoms with Crippen molar-refractivity contribution in [1.82, 2.24) is 4.90 Å². The number of unbranched alkanes of at least 4 members (excludes halogenated alkanes) is 3. The molecule has 200 valence electrons. The quantitative estimate of drug-likeness (QED) is 0.123. The Kier molecular flexibility index (Phi) is 11.6. The third-order valence-corrected chi connectivity index (χ3v) is 11.9. The molecule has 1 aromatic rings. The number of Topliss-reactive ketones (excluding diaryl/α,β-unsaturated/α-hetero) is 1. The van der Waals surface area contributed by atoms with Gasteiger partial charge in [-0.15, -0.1) is 0 Å². The maximum atomic E-state index is 14.5. The predicted octanol–water partition coefficient (Wildman–Crippen LogP) is 6.03. The smallest absolute Gasteiger partial charge is 0.341 e. The topological polar surface area (TPSA) is 80.8 Å². The Labute approximate surface area is 217 Å². The summed E-state index contributed by atoms with van der Waals surface area (Å²) in [5, 5.41) is 0.259. The van der Waals surface area contributed by atoms with Gasteiger partial charge in [-0.05, 0) is 62.7 Å². The van der Waals surface area contributed by atoms with E-state index in [0.717, 1.165) is 61.9 Å². The highest BCUT2D eigenvalue weighted by Crippen LogP contribution is 2.52. The first-order valence-electron chi connectivity index (χ1n) is 13.6. The average molecular weight is 518 g/mol. The third-order valence-electron chi connectivity index (χ3n) is 7.00. The van der Waals surface area contributed by atoms with Gasteiger partial charge < -0.3 is 4.74 Å². The average Bonchev–Trinajstić information content (AvgIpc) is 3.10. The van der Waals surface area contributed by atoms with E-state index in [2.05, 4.69) is 20.8 Å². The number of esters is 1. The lowest BCUT2D eigenvalue weighted by Crippen LogP contribution is -2.52. The summed E-state index contributed by atoms with van der Waals surface area (Å²) >= 11 is 0. The van der Waals surface area contributed by atoms with Crippen LogP contribution >= 0.6 is 6.89 Å². The van der Waals surface area contributed by atoms with Crippen molar-refractivity contribution in [1.29, 1.82) is 0 Å².